The van der Waals surface area contributed by atoms with Crippen LogP contribution < -0.4 is 15.4 Å². The van der Waals surface area contributed by atoms with Gasteiger partial charge in [0.2, 0.25) is 11.8 Å². The van der Waals surface area contributed by atoms with Crippen LogP contribution in [-0.2, 0) is 30.4 Å². The molecule has 5 aromatic rings. The van der Waals surface area contributed by atoms with Crippen molar-refractivity contribution >= 4 is 45.8 Å². The Morgan fingerprint density at radius 3 is 2.24 bits per heavy atom. The summed E-state index contributed by atoms with van der Waals surface area (Å²) in [6, 6.07) is 13.2. The highest BCUT2D eigenvalue weighted by atomic mass is 16.5. The molecule has 5 fully saturated rings. The van der Waals surface area contributed by atoms with Crippen molar-refractivity contribution in [2.45, 2.75) is 127 Å². The normalized spacial score (nSPS) is 25.3. The molecule has 16 nitrogen and oxygen atoms in total. The Labute approximate surface area is 395 Å². The molecule has 4 aliphatic heterocycles. The topological polar surface area (TPSA) is 193 Å². The Morgan fingerprint density at radius 2 is 1.47 bits per heavy atom. The molecule has 0 spiro atoms. The van der Waals surface area contributed by atoms with Gasteiger partial charge in [-0.15, -0.1) is 0 Å². The zero-order valence-electron chi connectivity index (χ0n) is 39.3. The van der Waals surface area contributed by atoms with Gasteiger partial charge in [0.25, 0.3) is 0 Å². The third-order valence-electron chi connectivity index (χ3n) is 16.2. The minimum absolute atomic E-state index is 0.0452. The molecule has 0 bridgehead atoms. The van der Waals surface area contributed by atoms with Gasteiger partial charge in [-0.05, 0) is 121 Å². The van der Waals surface area contributed by atoms with E-state index >= 15 is 0 Å². The highest BCUT2D eigenvalue weighted by molar-refractivity contribution is 6.07. The van der Waals surface area contributed by atoms with Gasteiger partial charge in [-0.1, -0.05) is 51.3 Å². The Morgan fingerprint density at radius 1 is 0.765 bits per heavy atom. The molecule has 2 saturated carbocycles. The Hall–Kier alpha value is -6.16. The summed E-state index contributed by atoms with van der Waals surface area (Å²) in [6.45, 7) is 5.39. The van der Waals surface area contributed by atoms with Crippen LogP contribution in [0.3, 0.4) is 0 Å². The maximum Gasteiger partial charge on any atom is 0.407 e. The Balaban J connectivity index is 0.865. The number of nitrogens with one attached hydrogen (secondary N) is 4. The molecular weight excluding hydrogens is 865 g/mol. The van der Waals surface area contributed by atoms with Gasteiger partial charge in [0.15, 0.2) is 0 Å². The summed E-state index contributed by atoms with van der Waals surface area (Å²) < 4.78 is 22.1. The van der Waals surface area contributed by atoms with Gasteiger partial charge in [0, 0.05) is 36.2 Å². The van der Waals surface area contributed by atoms with Gasteiger partial charge in [-0.2, -0.15) is 0 Å². The van der Waals surface area contributed by atoms with Crippen LogP contribution in [0.25, 0.3) is 44.2 Å². The van der Waals surface area contributed by atoms with E-state index in [0.29, 0.717) is 44.5 Å². The third kappa shape index (κ3) is 7.81. The molecule has 16 heteroatoms. The lowest BCUT2D eigenvalue weighted by Crippen LogP contribution is -2.55. The molecule has 3 aromatic carbocycles. The van der Waals surface area contributed by atoms with Crippen molar-refractivity contribution in [3.63, 3.8) is 0 Å². The molecule has 6 aliphatic rings. The number of likely N-dealkylation sites (tertiary alicyclic amines) is 2. The number of hydrogen-bond donors (Lipinski definition) is 4. The van der Waals surface area contributed by atoms with E-state index in [1.54, 1.807) is 0 Å². The summed E-state index contributed by atoms with van der Waals surface area (Å²) in [6.07, 6.45) is 11.0. The summed E-state index contributed by atoms with van der Waals surface area (Å²) in [5.74, 6) is 2.74. The second kappa shape index (κ2) is 18.1. The van der Waals surface area contributed by atoms with Crippen LogP contribution in [0.2, 0.25) is 0 Å². The fourth-order valence-electron chi connectivity index (χ4n) is 12.8. The number of benzene rings is 3. The summed E-state index contributed by atoms with van der Waals surface area (Å²) in [4.78, 5) is 75.5. The van der Waals surface area contributed by atoms with Crippen LogP contribution in [0, 0.1) is 23.7 Å². The molecule has 3 saturated heterocycles. The minimum atomic E-state index is -0.705. The molecule has 2 aliphatic carbocycles. The van der Waals surface area contributed by atoms with Crippen molar-refractivity contribution in [2.24, 2.45) is 23.7 Å². The first kappa shape index (κ1) is 44.4. The first-order valence-corrected chi connectivity index (χ1v) is 24.8. The van der Waals surface area contributed by atoms with Crippen LogP contribution in [-0.4, -0.2) is 105 Å². The second-order valence-electron chi connectivity index (χ2n) is 20.3. The number of amides is 4. The first-order chi connectivity index (χ1) is 33.1. The predicted molar refractivity (Wildman–Crippen MR) is 253 cm³/mol. The number of carbonyl (C=O) groups excluding carboxylic acids is 4. The van der Waals surface area contributed by atoms with Gasteiger partial charge in [-0.25, -0.2) is 19.6 Å². The lowest BCUT2D eigenvalue weighted by molar-refractivity contribution is -0.139. The number of fused-ring (bicyclic) bond motifs is 8. The first-order valence-electron chi connectivity index (χ1n) is 24.8. The van der Waals surface area contributed by atoms with E-state index < -0.39 is 24.3 Å². The molecule has 8 atom stereocenters. The third-order valence-corrected chi connectivity index (χ3v) is 16.2. The van der Waals surface area contributed by atoms with Gasteiger partial charge >= 0.3 is 12.2 Å². The van der Waals surface area contributed by atoms with Crippen molar-refractivity contribution in [1.29, 1.82) is 0 Å². The number of hydrogen-bond acceptors (Lipinski definition) is 10. The minimum Gasteiger partial charge on any atom is -0.488 e. The molecule has 358 valence electrons. The number of H-pyrrole nitrogens is 2. The summed E-state index contributed by atoms with van der Waals surface area (Å²) in [5.41, 5.74) is 6.74. The number of alkyl carbamates (subject to hydrolysis) is 2. The number of imidazole rings is 2. The molecule has 6 heterocycles. The standard InChI is InChI=1S/C52H62N8O8/c1-27(2)44(57-51(63)65-3)49(61)59-39-10-6-5-8-31(39)22-41(59)47-53-25-38(55-47)30-12-14-34-33(20-30)26-68-43-24-35-29(21-36(34)43)13-15-37-46(35)56-48(54-37)42-23-32-9-7-11-40(32)60(42)50(62)45(58-52(64)66-4)28-16-18-67-19-17-28/h12-15,20-21,24-25,27-28,31-32,39-42,44-45H,5-11,16-19,22-23,26H2,1-4H3,(H,53,55)(H,54,56)(H,57,63)(H,58,64)/t31-,32-,39-,40-,41-,42-,44?,45-/m0/s1. The number of aromatic nitrogens is 4. The van der Waals surface area contributed by atoms with Crippen LogP contribution >= 0.6 is 0 Å². The van der Waals surface area contributed by atoms with Crippen molar-refractivity contribution in [3.8, 4) is 28.1 Å². The van der Waals surface area contributed by atoms with Gasteiger partial charge in [0.1, 0.15) is 36.1 Å². The SMILES string of the molecule is COC(=O)NC(C(=O)N1[C@H](c2ncc(-c3ccc4c(c3)COc3cc5c(ccc6nc([C@@H]7C[C@@H]8CCC[C@@H]8N7C(=O)[C@@H](NC(=O)OC)C7CCOCC7)[nH]c65)cc3-4)[nH]2)C[C@@H]2CCCC[C@@H]21)C(C)C. The smallest absolute Gasteiger partial charge is 0.407 e. The molecule has 4 amide bonds. The van der Waals surface area contributed by atoms with E-state index in [-0.39, 0.29) is 47.8 Å². The van der Waals surface area contributed by atoms with Gasteiger partial charge in [0.05, 0.1) is 49.2 Å². The number of carbonyl (C=O) groups is 4. The van der Waals surface area contributed by atoms with E-state index in [1.807, 2.05) is 35.9 Å². The average molecular weight is 927 g/mol. The van der Waals surface area contributed by atoms with Crippen molar-refractivity contribution in [3.05, 3.63) is 65.9 Å². The molecular formula is C52H62N8O8. The number of rotatable bonds is 9. The molecule has 2 aromatic heterocycles. The largest absolute Gasteiger partial charge is 0.488 e. The van der Waals surface area contributed by atoms with Crippen LogP contribution in [0.1, 0.15) is 114 Å². The second-order valence-corrected chi connectivity index (χ2v) is 20.3. The van der Waals surface area contributed by atoms with Crippen molar-refractivity contribution < 1.29 is 38.1 Å². The maximum atomic E-state index is 14.7. The van der Waals surface area contributed by atoms with E-state index in [4.69, 9.17) is 28.9 Å². The number of nitrogens with zero attached hydrogens (tertiary/aromatic N) is 4. The highest BCUT2D eigenvalue weighted by Crippen LogP contribution is 2.50. The number of methoxy groups -OCH3 is 2. The molecule has 0 radical (unpaired) electrons. The van der Waals surface area contributed by atoms with Crippen molar-refractivity contribution in [2.75, 3.05) is 27.4 Å². The summed E-state index contributed by atoms with van der Waals surface area (Å²) in [7, 11) is 2.65. The van der Waals surface area contributed by atoms with Crippen LogP contribution in [0.4, 0.5) is 9.59 Å². The van der Waals surface area contributed by atoms with Gasteiger partial charge in [-0.3, -0.25) is 9.59 Å². The molecule has 4 N–H and O–H groups in total. The van der Waals surface area contributed by atoms with Gasteiger partial charge < -0.3 is 49.3 Å². The van der Waals surface area contributed by atoms with Crippen molar-refractivity contribution in [1.82, 2.24) is 40.4 Å². The number of ether oxygens (including phenoxy) is 4. The lowest BCUT2D eigenvalue weighted by atomic mass is 9.84. The monoisotopic (exact) mass is 926 g/mol. The van der Waals surface area contributed by atoms with E-state index in [9.17, 15) is 19.2 Å². The molecule has 68 heavy (non-hydrogen) atoms. The zero-order chi connectivity index (χ0) is 46.8. The molecule has 11 rings (SSSR count). The van der Waals surface area contributed by atoms with Crippen LogP contribution in [0.5, 0.6) is 5.75 Å². The quantitative estimate of drug-likeness (QED) is 0.111. The molecule has 1 unspecified atom stereocenters. The van der Waals surface area contributed by atoms with E-state index in [1.165, 1.54) is 14.2 Å². The highest BCUT2D eigenvalue weighted by Gasteiger charge is 2.51. The Kier molecular flexibility index (Phi) is 11.8. The fourth-order valence-corrected chi connectivity index (χ4v) is 12.8. The Bertz CT molecular complexity index is 2760. The van der Waals surface area contributed by atoms with E-state index in [0.717, 1.165) is 125 Å². The van der Waals surface area contributed by atoms with Crippen LogP contribution in [0.15, 0.2) is 48.7 Å². The zero-order valence-corrected chi connectivity index (χ0v) is 39.3. The lowest BCUT2D eigenvalue weighted by Gasteiger charge is -2.36. The summed E-state index contributed by atoms with van der Waals surface area (Å²) >= 11 is 0. The van der Waals surface area contributed by atoms with E-state index in [2.05, 4.69) is 57.0 Å². The average Bonchev–Trinajstić information content (AvgIpc) is 4.22. The number of aromatic amines is 2. The predicted octanol–water partition coefficient (Wildman–Crippen LogP) is 8.47. The summed E-state index contributed by atoms with van der Waals surface area (Å²) in [5, 5.41) is 7.76. The fraction of sp³-hybridized carbons (Fsp3) is 0.538. The maximum absolute atomic E-state index is 14.7.